The van der Waals surface area contributed by atoms with Gasteiger partial charge in [-0.25, -0.2) is 9.37 Å². The lowest BCUT2D eigenvalue weighted by atomic mass is 9.91. The average Bonchev–Trinajstić information content (AvgIpc) is 3.33. The maximum atomic E-state index is 14.3. The Morgan fingerprint density at radius 3 is 2.47 bits per heavy atom. The Morgan fingerprint density at radius 2 is 1.79 bits per heavy atom. The maximum absolute atomic E-state index is 14.3. The summed E-state index contributed by atoms with van der Waals surface area (Å²) in [5.41, 5.74) is 7.15. The van der Waals surface area contributed by atoms with E-state index in [-0.39, 0.29) is 29.8 Å². The van der Waals surface area contributed by atoms with Gasteiger partial charge in [-0.15, -0.1) is 0 Å². The van der Waals surface area contributed by atoms with Crippen LogP contribution in [0.4, 0.5) is 27.5 Å². The van der Waals surface area contributed by atoms with Gasteiger partial charge in [0.25, 0.3) is 0 Å². The van der Waals surface area contributed by atoms with E-state index >= 15 is 0 Å². The molecule has 0 atom stereocenters. The minimum Gasteiger partial charge on any atom is -0.394 e. The summed E-state index contributed by atoms with van der Waals surface area (Å²) < 4.78 is 14.3. The Morgan fingerprint density at radius 1 is 1.12 bits per heavy atom. The summed E-state index contributed by atoms with van der Waals surface area (Å²) in [5.74, 6) is 1.28. The number of rotatable bonds is 8. The third-order valence-corrected chi connectivity index (χ3v) is 6.63. The fraction of sp³-hybridized carbons (Fsp3) is 0.480. The molecule has 0 saturated heterocycles. The predicted molar refractivity (Wildman–Crippen MR) is 134 cm³/mol. The van der Waals surface area contributed by atoms with Gasteiger partial charge in [-0.2, -0.15) is 4.98 Å². The van der Waals surface area contributed by atoms with E-state index in [1.165, 1.54) is 6.07 Å². The summed E-state index contributed by atoms with van der Waals surface area (Å²) >= 11 is 0. The summed E-state index contributed by atoms with van der Waals surface area (Å²) in [6, 6.07) is 7.15. The van der Waals surface area contributed by atoms with E-state index < -0.39 is 0 Å². The highest BCUT2D eigenvalue weighted by Gasteiger charge is 2.29. The molecule has 9 heteroatoms. The van der Waals surface area contributed by atoms with Crippen LogP contribution in [-0.2, 0) is 4.79 Å². The highest BCUT2D eigenvalue weighted by Crippen LogP contribution is 2.34. The molecule has 5 N–H and O–H groups in total. The fourth-order valence-electron chi connectivity index (χ4n) is 4.96. The standard InChI is InChI=1S/C25H34FN7O/c1-16(29-23-10-6-5-9-21(23)26)33(20-7-3-4-8-20)24-22(27)15-28-25(32-24)31-19-13-11-18(12-14-19)30-17(2)34/h5-6,9-10,15,18-20,29H,1,3-4,7-8,11-14,27H2,2H3,(H,30,34)(H,28,31,32)/t18-,19-. The number of nitrogens with zero attached hydrogens (tertiary/aromatic N) is 3. The van der Waals surface area contributed by atoms with E-state index in [4.69, 9.17) is 10.7 Å². The second kappa shape index (κ2) is 10.7. The van der Waals surface area contributed by atoms with Crippen LogP contribution in [0.3, 0.4) is 0 Å². The van der Waals surface area contributed by atoms with Crippen molar-refractivity contribution in [3.63, 3.8) is 0 Å². The number of hydrogen-bond acceptors (Lipinski definition) is 7. The smallest absolute Gasteiger partial charge is 0.224 e. The predicted octanol–water partition coefficient (Wildman–Crippen LogP) is 4.39. The Balaban J connectivity index is 1.51. The number of nitrogens with two attached hydrogens (primary N) is 1. The van der Waals surface area contributed by atoms with Gasteiger partial charge in [0.2, 0.25) is 11.9 Å². The second-order valence-corrected chi connectivity index (χ2v) is 9.23. The first-order valence-electron chi connectivity index (χ1n) is 12.1. The van der Waals surface area contributed by atoms with Gasteiger partial charge >= 0.3 is 0 Å². The van der Waals surface area contributed by atoms with E-state index in [1.54, 1.807) is 31.3 Å². The number of carbonyl (C=O) groups is 1. The quantitative estimate of drug-likeness (QED) is 0.456. The van der Waals surface area contributed by atoms with E-state index in [0.29, 0.717) is 29.0 Å². The highest BCUT2D eigenvalue weighted by molar-refractivity contribution is 5.73. The van der Waals surface area contributed by atoms with Crippen LogP contribution in [0.25, 0.3) is 0 Å². The van der Waals surface area contributed by atoms with Crippen LogP contribution in [0.1, 0.15) is 58.3 Å². The molecule has 0 aliphatic heterocycles. The lowest BCUT2D eigenvalue weighted by Crippen LogP contribution is -2.39. The Labute approximate surface area is 200 Å². The normalized spacial score (nSPS) is 20.5. The number of nitrogen functional groups attached to an aromatic ring is 1. The number of aromatic nitrogens is 2. The first kappa shape index (κ1) is 23.8. The van der Waals surface area contributed by atoms with Crippen molar-refractivity contribution in [3.8, 4) is 0 Å². The zero-order chi connectivity index (χ0) is 24.1. The Kier molecular flexibility index (Phi) is 7.49. The third-order valence-electron chi connectivity index (χ3n) is 6.63. The first-order chi connectivity index (χ1) is 16.4. The summed E-state index contributed by atoms with van der Waals surface area (Å²) in [7, 11) is 0. The highest BCUT2D eigenvalue weighted by atomic mass is 19.1. The molecule has 1 amide bonds. The van der Waals surface area contributed by atoms with E-state index in [0.717, 1.165) is 51.4 Å². The molecule has 182 valence electrons. The average molecular weight is 468 g/mol. The number of nitrogens with one attached hydrogen (secondary N) is 3. The minimum absolute atomic E-state index is 0.0131. The number of para-hydroxylation sites is 1. The molecular weight excluding hydrogens is 433 g/mol. The van der Waals surface area contributed by atoms with Crippen molar-refractivity contribution in [1.29, 1.82) is 0 Å². The molecule has 2 aliphatic carbocycles. The maximum Gasteiger partial charge on any atom is 0.224 e. The number of amides is 1. The summed E-state index contributed by atoms with van der Waals surface area (Å²) in [4.78, 5) is 22.5. The third kappa shape index (κ3) is 5.76. The van der Waals surface area contributed by atoms with Crippen molar-refractivity contribution in [2.45, 2.75) is 76.4 Å². The van der Waals surface area contributed by atoms with E-state index in [1.807, 2.05) is 4.90 Å². The van der Waals surface area contributed by atoms with Gasteiger partial charge < -0.3 is 26.6 Å². The van der Waals surface area contributed by atoms with Crippen LogP contribution >= 0.6 is 0 Å². The zero-order valence-corrected chi connectivity index (χ0v) is 19.7. The fourth-order valence-corrected chi connectivity index (χ4v) is 4.96. The van der Waals surface area contributed by atoms with E-state index in [9.17, 15) is 9.18 Å². The molecule has 2 aliphatic rings. The Hall–Kier alpha value is -3.36. The monoisotopic (exact) mass is 467 g/mol. The summed E-state index contributed by atoms with van der Waals surface area (Å²) in [6.07, 6.45) is 9.47. The van der Waals surface area contributed by atoms with Gasteiger partial charge in [0.15, 0.2) is 5.82 Å². The zero-order valence-electron chi connectivity index (χ0n) is 19.7. The van der Waals surface area contributed by atoms with Crippen LogP contribution in [0, 0.1) is 5.82 Å². The van der Waals surface area contributed by atoms with Crippen molar-refractivity contribution >= 4 is 29.0 Å². The van der Waals surface area contributed by atoms with Gasteiger partial charge in [-0.1, -0.05) is 31.6 Å². The molecule has 34 heavy (non-hydrogen) atoms. The summed E-state index contributed by atoms with van der Waals surface area (Å²) in [5, 5.41) is 9.56. The van der Waals surface area contributed by atoms with Gasteiger partial charge in [-0.05, 0) is 50.7 Å². The lowest BCUT2D eigenvalue weighted by Gasteiger charge is -2.33. The summed E-state index contributed by atoms with van der Waals surface area (Å²) in [6.45, 7) is 5.76. The first-order valence-corrected chi connectivity index (χ1v) is 12.1. The molecule has 1 heterocycles. The molecule has 0 unspecified atom stereocenters. The molecule has 1 aromatic carbocycles. The Bertz CT molecular complexity index is 1020. The number of halogens is 1. The van der Waals surface area contributed by atoms with Crippen molar-refractivity contribution in [2.75, 3.05) is 21.3 Å². The van der Waals surface area contributed by atoms with Crippen molar-refractivity contribution in [1.82, 2.24) is 15.3 Å². The molecule has 2 saturated carbocycles. The number of anilines is 4. The lowest BCUT2D eigenvalue weighted by molar-refractivity contribution is -0.119. The van der Waals surface area contributed by atoms with Crippen molar-refractivity contribution in [2.24, 2.45) is 0 Å². The molecule has 0 radical (unpaired) electrons. The number of hydrogen-bond donors (Lipinski definition) is 4. The van der Waals surface area contributed by atoms with Crippen LogP contribution < -0.4 is 26.6 Å². The largest absolute Gasteiger partial charge is 0.394 e. The molecule has 8 nitrogen and oxygen atoms in total. The molecular formula is C25H34FN7O. The van der Waals surface area contributed by atoms with Gasteiger partial charge in [-0.3, -0.25) is 4.79 Å². The minimum atomic E-state index is -0.345. The van der Waals surface area contributed by atoms with Crippen LogP contribution in [-0.4, -0.2) is 34.0 Å². The molecule has 2 aromatic rings. The van der Waals surface area contributed by atoms with Crippen LogP contribution in [0.15, 0.2) is 42.9 Å². The van der Waals surface area contributed by atoms with Crippen molar-refractivity contribution in [3.05, 3.63) is 48.7 Å². The topological polar surface area (TPSA) is 108 Å². The molecule has 4 rings (SSSR count). The molecule has 1 aromatic heterocycles. The van der Waals surface area contributed by atoms with Gasteiger partial charge in [0.05, 0.1) is 17.6 Å². The van der Waals surface area contributed by atoms with Crippen LogP contribution in [0.5, 0.6) is 0 Å². The van der Waals surface area contributed by atoms with E-state index in [2.05, 4.69) is 27.5 Å². The number of carbonyl (C=O) groups excluding carboxylic acids is 1. The van der Waals surface area contributed by atoms with Gasteiger partial charge in [0, 0.05) is 25.0 Å². The van der Waals surface area contributed by atoms with Gasteiger partial charge in [0.1, 0.15) is 11.6 Å². The SMILES string of the molecule is C=C(Nc1ccccc1F)N(c1nc(N[C@H]2CC[C@H](NC(C)=O)CC2)ncc1N)C1CCCC1. The van der Waals surface area contributed by atoms with Crippen LogP contribution in [0.2, 0.25) is 0 Å². The molecule has 0 spiro atoms. The molecule has 2 fully saturated rings. The molecule has 0 bridgehead atoms. The second-order valence-electron chi connectivity index (χ2n) is 9.23. The number of benzene rings is 1. The van der Waals surface area contributed by atoms with Crippen molar-refractivity contribution < 1.29 is 9.18 Å².